The lowest BCUT2D eigenvalue weighted by atomic mass is 10.0. The molecule has 2 rings (SSSR count). The molecule has 0 amide bonds. The Morgan fingerprint density at radius 3 is 2.62 bits per heavy atom. The van der Waals surface area contributed by atoms with Gasteiger partial charge in [0.25, 0.3) is 0 Å². The number of hydrogen-bond donors (Lipinski definition) is 1. The number of ether oxygens (including phenoxy) is 1. The van der Waals surface area contributed by atoms with Gasteiger partial charge in [-0.3, -0.25) is 9.48 Å². The Balaban J connectivity index is 2.23. The zero-order chi connectivity index (χ0) is 15.4. The van der Waals surface area contributed by atoms with E-state index in [2.05, 4.69) is 5.10 Å². The van der Waals surface area contributed by atoms with Crippen LogP contribution in [0.15, 0.2) is 30.5 Å². The molecule has 0 spiro atoms. The van der Waals surface area contributed by atoms with Crippen LogP contribution in [-0.2, 0) is 16.1 Å². The minimum Gasteiger partial charge on any atom is -0.480 e. The lowest BCUT2D eigenvalue weighted by Crippen LogP contribution is -2.11. The minimum absolute atomic E-state index is 0.0693. The molecule has 1 aromatic carbocycles. The zero-order valence-electron chi connectivity index (χ0n) is 12.5. The van der Waals surface area contributed by atoms with E-state index in [4.69, 9.17) is 9.84 Å². The average molecular weight is 288 g/mol. The summed E-state index contributed by atoms with van der Waals surface area (Å²) in [7, 11) is 0. The largest absolute Gasteiger partial charge is 0.480 e. The summed E-state index contributed by atoms with van der Waals surface area (Å²) in [6.07, 6.45) is 1.78. The molecule has 0 aliphatic carbocycles. The first-order valence-corrected chi connectivity index (χ1v) is 6.99. The maximum atomic E-state index is 10.8. The second-order valence-corrected chi connectivity index (χ2v) is 4.91. The molecule has 21 heavy (non-hydrogen) atoms. The molecule has 0 radical (unpaired) electrons. The number of nitrogens with zero attached hydrogens (tertiary/aromatic N) is 2. The second kappa shape index (κ2) is 6.54. The van der Waals surface area contributed by atoms with Crippen molar-refractivity contribution in [2.45, 2.75) is 33.4 Å². The van der Waals surface area contributed by atoms with E-state index in [1.807, 2.05) is 45.0 Å². The Morgan fingerprint density at radius 2 is 2.05 bits per heavy atom. The average Bonchev–Trinajstić information content (AvgIpc) is 2.80. The van der Waals surface area contributed by atoms with Crippen molar-refractivity contribution in [2.24, 2.45) is 0 Å². The van der Waals surface area contributed by atoms with E-state index in [0.717, 1.165) is 22.4 Å². The number of aliphatic carboxylic acids is 1. The van der Waals surface area contributed by atoms with Crippen molar-refractivity contribution in [3.8, 4) is 11.1 Å². The topological polar surface area (TPSA) is 64.4 Å². The van der Waals surface area contributed by atoms with E-state index in [1.165, 1.54) is 4.68 Å². The van der Waals surface area contributed by atoms with E-state index < -0.39 is 5.97 Å². The highest BCUT2D eigenvalue weighted by atomic mass is 16.5. The molecule has 0 aliphatic rings. The monoisotopic (exact) mass is 288 g/mol. The molecule has 0 aliphatic heterocycles. The van der Waals surface area contributed by atoms with Crippen molar-refractivity contribution in [2.75, 3.05) is 6.61 Å². The minimum atomic E-state index is -0.895. The summed E-state index contributed by atoms with van der Waals surface area (Å²) < 4.78 is 7.06. The molecule has 0 bridgehead atoms. The Hall–Kier alpha value is -2.14. The molecule has 0 saturated heterocycles. The first-order chi connectivity index (χ1) is 10.0. The van der Waals surface area contributed by atoms with E-state index in [1.54, 1.807) is 6.20 Å². The number of aromatic nitrogens is 2. The van der Waals surface area contributed by atoms with Gasteiger partial charge in [-0.2, -0.15) is 5.10 Å². The van der Waals surface area contributed by atoms with Crippen molar-refractivity contribution in [3.63, 3.8) is 0 Å². The standard InChI is InChI=1S/C16H20N2O3/c1-4-21-12(3)13-5-7-14(8-6-13)15-9-17-18(11(15)2)10-16(19)20/h5-9,12H,4,10H2,1-3H3,(H,19,20)/t12-/m0/s1. The molecule has 1 atom stereocenters. The van der Waals surface area contributed by atoms with E-state index in [-0.39, 0.29) is 12.6 Å². The van der Waals surface area contributed by atoms with Crippen LogP contribution < -0.4 is 0 Å². The summed E-state index contributed by atoms with van der Waals surface area (Å²) in [5.41, 5.74) is 3.95. The fourth-order valence-electron chi connectivity index (χ4n) is 2.30. The first kappa shape index (κ1) is 15.3. The molecule has 1 aromatic heterocycles. The SMILES string of the molecule is CCO[C@@H](C)c1ccc(-c2cnn(CC(=O)O)c2C)cc1. The predicted octanol–water partition coefficient (Wildman–Crippen LogP) is 3.04. The highest BCUT2D eigenvalue weighted by Crippen LogP contribution is 2.25. The molecule has 5 heteroatoms. The quantitative estimate of drug-likeness (QED) is 0.887. The fraction of sp³-hybridized carbons (Fsp3) is 0.375. The number of carbonyl (C=O) groups is 1. The molecular weight excluding hydrogens is 268 g/mol. The van der Waals surface area contributed by atoms with Gasteiger partial charge in [-0.05, 0) is 31.9 Å². The fourth-order valence-corrected chi connectivity index (χ4v) is 2.30. The summed E-state index contributed by atoms with van der Waals surface area (Å²) in [6, 6.07) is 8.09. The van der Waals surface area contributed by atoms with Gasteiger partial charge >= 0.3 is 5.97 Å². The molecule has 1 N–H and O–H groups in total. The van der Waals surface area contributed by atoms with Crippen LogP contribution in [0, 0.1) is 6.92 Å². The Bertz CT molecular complexity index is 617. The summed E-state index contributed by atoms with van der Waals surface area (Å²) >= 11 is 0. The van der Waals surface area contributed by atoms with E-state index in [9.17, 15) is 4.79 Å². The normalized spacial score (nSPS) is 12.3. The summed E-state index contributed by atoms with van der Waals surface area (Å²) in [6.45, 7) is 6.44. The number of rotatable bonds is 6. The van der Waals surface area contributed by atoms with Gasteiger partial charge in [-0.25, -0.2) is 0 Å². The number of carboxylic acids is 1. The second-order valence-electron chi connectivity index (χ2n) is 4.91. The van der Waals surface area contributed by atoms with Crippen LogP contribution in [-0.4, -0.2) is 27.5 Å². The number of carboxylic acid groups (broad SMARTS) is 1. The first-order valence-electron chi connectivity index (χ1n) is 6.99. The zero-order valence-corrected chi connectivity index (χ0v) is 12.5. The highest BCUT2D eigenvalue weighted by Gasteiger charge is 2.11. The number of hydrogen-bond acceptors (Lipinski definition) is 3. The van der Waals surface area contributed by atoms with Crippen LogP contribution in [0.4, 0.5) is 0 Å². The van der Waals surface area contributed by atoms with Crippen LogP contribution >= 0.6 is 0 Å². The smallest absolute Gasteiger partial charge is 0.325 e. The van der Waals surface area contributed by atoms with Crippen LogP contribution in [0.2, 0.25) is 0 Å². The molecule has 0 unspecified atom stereocenters. The van der Waals surface area contributed by atoms with Gasteiger partial charge in [0.1, 0.15) is 6.54 Å². The Labute approximate surface area is 124 Å². The van der Waals surface area contributed by atoms with Crippen LogP contribution in [0.1, 0.15) is 31.2 Å². The van der Waals surface area contributed by atoms with Crippen molar-refractivity contribution >= 4 is 5.97 Å². The van der Waals surface area contributed by atoms with Crippen LogP contribution in [0.5, 0.6) is 0 Å². The summed E-state index contributed by atoms with van der Waals surface area (Å²) in [5.74, 6) is -0.895. The van der Waals surface area contributed by atoms with Gasteiger partial charge in [-0.15, -0.1) is 0 Å². The molecule has 2 aromatic rings. The Kier molecular flexibility index (Phi) is 4.75. The molecule has 1 heterocycles. The maximum Gasteiger partial charge on any atom is 0.325 e. The summed E-state index contributed by atoms with van der Waals surface area (Å²) in [4.78, 5) is 10.8. The van der Waals surface area contributed by atoms with Crippen LogP contribution in [0.3, 0.4) is 0 Å². The van der Waals surface area contributed by atoms with Gasteiger partial charge in [0.05, 0.1) is 12.3 Å². The van der Waals surface area contributed by atoms with Gasteiger partial charge in [0.15, 0.2) is 0 Å². The third-order valence-electron chi connectivity index (χ3n) is 3.50. The highest BCUT2D eigenvalue weighted by molar-refractivity contribution is 5.69. The lowest BCUT2D eigenvalue weighted by molar-refractivity contribution is -0.137. The molecule has 0 fully saturated rings. The van der Waals surface area contributed by atoms with Gasteiger partial charge in [-0.1, -0.05) is 24.3 Å². The third-order valence-corrected chi connectivity index (χ3v) is 3.50. The van der Waals surface area contributed by atoms with Gasteiger partial charge in [0, 0.05) is 17.9 Å². The van der Waals surface area contributed by atoms with E-state index >= 15 is 0 Å². The molecule has 112 valence electrons. The van der Waals surface area contributed by atoms with Crippen LogP contribution in [0.25, 0.3) is 11.1 Å². The Morgan fingerprint density at radius 1 is 1.38 bits per heavy atom. The maximum absolute atomic E-state index is 10.8. The van der Waals surface area contributed by atoms with E-state index in [0.29, 0.717) is 6.61 Å². The summed E-state index contributed by atoms with van der Waals surface area (Å²) in [5, 5.41) is 13.0. The molecule has 5 nitrogen and oxygen atoms in total. The van der Waals surface area contributed by atoms with Crippen molar-refractivity contribution in [1.29, 1.82) is 0 Å². The van der Waals surface area contributed by atoms with Gasteiger partial charge in [0.2, 0.25) is 0 Å². The van der Waals surface area contributed by atoms with Crippen molar-refractivity contribution < 1.29 is 14.6 Å². The lowest BCUT2D eigenvalue weighted by Gasteiger charge is -2.12. The predicted molar refractivity (Wildman–Crippen MR) is 80.1 cm³/mol. The van der Waals surface area contributed by atoms with Gasteiger partial charge < -0.3 is 9.84 Å². The molecule has 0 saturated carbocycles. The van der Waals surface area contributed by atoms with Crippen molar-refractivity contribution in [3.05, 3.63) is 41.7 Å². The number of benzene rings is 1. The third kappa shape index (κ3) is 3.49. The molecular formula is C16H20N2O3. The van der Waals surface area contributed by atoms with Crippen molar-refractivity contribution in [1.82, 2.24) is 9.78 Å².